The first kappa shape index (κ1) is 26.7. The number of hydrogen-bond acceptors (Lipinski definition) is 2. The van der Waals surface area contributed by atoms with Crippen molar-refractivity contribution in [1.29, 1.82) is 0 Å². The number of likely N-dealkylation sites (tertiary alicyclic amines) is 1. The Morgan fingerprint density at radius 3 is 2.47 bits per heavy atom. The zero-order valence-corrected chi connectivity index (χ0v) is 22.9. The van der Waals surface area contributed by atoms with Gasteiger partial charge < -0.3 is 5.11 Å². The molecule has 0 amide bonds. The van der Waals surface area contributed by atoms with Gasteiger partial charge >= 0.3 is 5.97 Å². The third-order valence-electron chi connectivity index (χ3n) is 7.40. The van der Waals surface area contributed by atoms with Crippen molar-refractivity contribution in [2.75, 3.05) is 26.3 Å². The SMILES string of the molecule is Cc1cc(C=C2CN(CCCF)C2)ccc1C1=C(c2ccc(Cl)cc2Cl)CCCc2cc(C(=O)O)ccc21. The van der Waals surface area contributed by atoms with Gasteiger partial charge in [-0.1, -0.05) is 59.6 Å². The molecule has 1 N–H and O–H groups in total. The van der Waals surface area contributed by atoms with Crippen LogP contribution in [0.5, 0.6) is 0 Å². The number of allylic oxidation sites excluding steroid dienone is 1. The minimum Gasteiger partial charge on any atom is -0.478 e. The Labute approximate surface area is 233 Å². The van der Waals surface area contributed by atoms with Crippen LogP contribution in [-0.2, 0) is 6.42 Å². The highest BCUT2D eigenvalue weighted by Crippen LogP contribution is 2.43. The molecule has 0 spiro atoms. The Morgan fingerprint density at radius 2 is 1.76 bits per heavy atom. The number of fused-ring (bicyclic) bond motifs is 1. The predicted molar refractivity (Wildman–Crippen MR) is 155 cm³/mol. The van der Waals surface area contributed by atoms with E-state index in [2.05, 4.69) is 36.1 Å². The smallest absolute Gasteiger partial charge is 0.335 e. The number of rotatable bonds is 7. The van der Waals surface area contributed by atoms with E-state index < -0.39 is 5.97 Å². The molecule has 5 rings (SSSR count). The molecule has 2 aliphatic rings. The molecule has 0 bridgehead atoms. The molecule has 1 aliphatic heterocycles. The van der Waals surface area contributed by atoms with Crippen LogP contribution in [0.25, 0.3) is 17.2 Å². The van der Waals surface area contributed by atoms with E-state index in [-0.39, 0.29) is 6.67 Å². The summed E-state index contributed by atoms with van der Waals surface area (Å²) in [6.45, 7) is 4.44. The highest BCUT2D eigenvalue weighted by molar-refractivity contribution is 6.36. The number of carbonyl (C=O) groups is 1. The normalized spacial score (nSPS) is 15.6. The minimum atomic E-state index is -0.920. The van der Waals surface area contributed by atoms with Crippen LogP contribution in [0.3, 0.4) is 0 Å². The summed E-state index contributed by atoms with van der Waals surface area (Å²) in [4.78, 5) is 14.0. The van der Waals surface area contributed by atoms with Gasteiger partial charge in [-0.3, -0.25) is 9.29 Å². The van der Waals surface area contributed by atoms with Crippen molar-refractivity contribution in [1.82, 2.24) is 4.90 Å². The van der Waals surface area contributed by atoms with E-state index in [0.717, 1.165) is 83.4 Å². The van der Waals surface area contributed by atoms with E-state index in [0.29, 0.717) is 22.0 Å². The first-order valence-corrected chi connectivity index (χ1v) is 13.7. The maximum Gasteiger partial charge on any atom is 0.335 e. The van der Waals surface area contributed by atoms with Crippen LogP contribution >= 0.6 is 23.2 Å². The molecule has 3 aromatic rings. The molecule has 1 saturated heterocycles. The average molecular weight is 551 g/mol. The molecule has 196 valence electrons. The van der Waals surface area contributed by atoms with Gasteiger partial charge in [0.25, 0.3) is 0 Å². The standard InChI is InChI=1S/C32H30Cl2FNO2/c1-20-14-21(15-22-18-36(19-22)13-3-12-35)6-9-26(20)31-27-10-7-24(32(37)38)16-23(27)4-2-5-29(31)28-11-8-25(33)17-30(28)34/h6-11,14-17H,2-5,12-13,18-19H2,1H3,(H,37,38). The lowest BCUT2D eigenvalue weighted by Gasteiger charge is -2.33. The number of hydrogen-bond donors (Lipinski definition) is 1. The fourth-order valence-electron chi connectivity index (χ4n) is 5.59. The number of aryl methyl sites for hydroxylation is 2. The summed E-state index contributed by atoms with van der Waals surface area (Å²) in [6.07, 6.45) is 5.31. The number of carboxylic acids is 1. The first-order chi connectivity index (χ1) is 18.3. The van der Waals surface area contributed by atoms with Gasteiger partial charge in [0.2, 0.25) is 0 Å². The number of nitrogens with zero attached hydrogens (tertiary/aromatic N) is 1. The monoisotopic (exact) mass is 549 g/mol. The molecule has 0 radical (unpaired) electrons. The summed E-state index contributed by atoms with van der Waals surface area (Å²) < 4.78 is 12.5. The number of carboxylic acid groups (broad SMARTS) is 1. The maximum absolute atomic E-state index is 12.5. The lowest BCUT2D eigenvalue weighted by atomic mass is 9.85. The molecule has 3 nitrogen and oxygen atoms in total. The number of alkyl halides is 1. The summed E-state index contributed by atoms with van der Waals surface area (Å²) in [7, 11) is 0. The molecule has 0 unspecified atom stereocenters. The van der Waals surface area contributed by atoms with Gasteiger partial charge in [-0.05, 0) is 107 Å². The van der Waals surface area contributed by atoms with Gasteiger partial charge in [0.1, 0.15) is 0 Å². The van der Waals surface area contributed by atoms with Crippen LogP contribution in [0, 0.1) is 6.92 Å². The summed E-state index contributed by atoms with van der Waals surface area (Å²) in [6, 6.07) is 17.6. The van der Waals surface area contributed by atoms with Crippen molar-refractivity contribution < 1.29 is 14.3 Å². The molecule has 0 saturated carbocycles. The topological polar surface area (TPSA) is 40.5 Å². The Bertz CT molecular complexity index is 1450. The molecular weight excluding hydrogens is 520 g/mol. The van der Waals surface area contributed by atoms with E-state index >= 15 is 0 Å². The fraction of sp³-hybridized carbons (Fsp3) is 0.281. The van der Waals surface area contributed by atoms with Crippen molar-refractivity contribution in [3.8, 4) is 0 Å². The Balaban J connectivity index is 1.60. The summed E-state index contributed by atoms with van der Waals surface area (Å²) in [5.74, 6) is -0.920. The van der Waals surface area contributed by atoms with Crippen molar-refractivity contribution in [3.05, 3.63) is 109 Å². The summed E-state index contributed by atoms with van der Waals surface area (Å²) in [5, 5.41) is 10.8. The summed E-state index contributed by atoms with van der Waals surface area (Å²) >= 11 is 12.9. The van der Waals surface area contributed by atoms with Crippen molar-refractivity contribution >= 4 is 46.4 Å². The zero-order valence-electron chi connectivity index (χ0n) is 21.4. The molecule has 0 aromatic heterocycles. The Kier molecular flexibility index (Phi) is 8.04. The van der Waals surface area contributed by atoms with E-state index in [1.54, 1.807) is 12.1 Å². The third kappa shape index (κ3) is 5.58. The first-order valence-electron chi connectivity index (χ1n) is 13.0. The van der Waals surface area contributed by atoms with Gasteiger partial charge in [0.15, 0.2) is 0 Å². The second-order valence-corrected chi connectivity index (χ2v) is 11.0. The van der Waals surface area contributed by atoms with Crippen LogP contribution in [0.2, 0.25) is 10.0 Å². The van der Waals surface area contributed by atoms with Crippen molar-refractivity contribution in [3.63, 3.8) is 0 Å². The lowest BCUT2D eigenvalue weighted by molar-refractivity contribution is 0.0696. The molecule has 1 fully saturated rings. The Morgan fingerprint density at radius 1 is 1.00 bits per heavy atom. The van der Waals surface area contributed by atoms with E-state index in [4.69, 9.17) is 23.2 Å². The number of aromatic carboxylic acids is 1. The van der Waals surface area contributed by atoms with Crippen LogP contribution < -0.4 is 0 Å². The average Bonchev–Trinajstić information content (AvgIpc) is 3.04. The minimum absolute atomic E-state index is 0.268. The lowest BCUT2D eigenvalue weighted by Crippen LogP contribution is -2.40. The number of halogens is 3. The number of benzene rings is 3. The molecule has 3 aromatic carbocycles. The third-order valence-corrected chi connectivity index (χ3v) is 7.95. The Hall–Kier alpha value is -2.92. The highest BCUT2D eigenvalue weighted by atomic mass is 35.5. The molecule has 0 atom stereocenters. The second-order valence-electron chi connectivity index (χ2n) is 10.1. The van der Waals surface area contributed by atoms with Gasteiger partial charge in [-0.2, -0.15) is 0 Å². The fourth-order valence-corrected chi connectivity index (χ4v) is 6.11. The molecular formula is C32H30Cl2FNO2. The van der Waals surface area contributed by atoms with Crippen LogP contribution in [0.15, 0.2) is 60.2 Å². The predicted octanol–water partition coefficient (Wildman–Crippen LogP) is 8.35. The van der Waals surface area contributed by atoms with Gasteiger partial charge in [-0.25, -0.2) is 4.79 Å². The van der Waals surface area contributed by atoms with E-state index in [1.807, 2.05) is 24.3 Å². The van der Waals surface area contributed by atoms with Crippen LogP contribution in [-0.4, -0.2) is 42.3 Å². The molecule has 6 heteroatoms. The van der Waals surface area contributed by atoms with Gasteiger partial charge in [0, 0.05) is 29.7 Å². The van der Waals surface area contributed by atoms with E-state index in [1.165, 1.54) is 5.57 Å². The van der Waals surface area contributed by atoms with Crippen molar-refractivity contribution in [2.24, 2.45) is 0 Å². The zero-order chi connectivity index (χ0) is 26.8. The largest absolute Gasteiger partial charge is 0.478 e. The van der Waals surface area contributed by atoms with Gasteiger partial charge in [0.05, 0.1) is 12.2 Å². The molecule has 38 heavy (non-hydrogen) atoms. The summed E-state index contributed by atoms with van der Waals surface area (Å²) in [5.41, 5.74) is 10.3. The quantitative estimate of drug-likeness (QED) is 0.321. The van der Waals surface area contributed by atoms with Crippen LogP contribution in [0.1, 0.15) is 63.0 Å². The van der Waals surface area contributed by atoms with Gasteiger partial charge in [-0.15, -0.1) is 0 Å². The highest BCUT2D eigenvalue weighted by Gasteiger charge is 2.24. The maximum atomic E-state index is 12.5. The van der Waals surface area contributed by atoms with Crippen molar-refractivity contribution in [2.45, 2.75) is 32.6 Å². The van der Waals surface area contributed by atoms with Crippen LogP contribution in [0.4, 0.5) is 4.39 Å². The molecule has 1 heterocycles. The van der Waals surface area contributed by atoms with E-state index in [9.17, 15) is 14.3 Å². The molecule has 1 aliphatic carbocycles. The second kappa shape index (κ2) is 11.4.